The Morgan fingerprint density at radius 3 is 2.81 bits per heavy atom. The number of halogens is 1. The van der Waals surface area contributed by atoms with Gasteiger partial charge in [0.05, 0.1) is 24.9 Å². The molecule has 0 saturated carbocycles. The molecule has 3 heterocycles. The fourth-order valence-corrected chi connectivity index (χ4v) is 5.08. The van der Waals surface area contributed by atoms with Crippen molar-refractivity contribution < 1.29 is 4.74 Å². The summed E-state index contributed by atoms with van der Waals surface area (Å²) >= 11 is 11.0. The van der Waals surface area contributed by atoms with Crippen molar-refractivity contribution in [2.24, 2.45) is 0 Å². The van der Waals surface area contributed by atoms with Crippen LogP contribution in [0.15, 0.2) is 64.6 Å². The highest BCUT2D eigenvalue weighted by atomic mass is 79.9. The molecule has 0 unspecified atom stereocenters. The Morgan fingerprint density at radius 2 is 2.12 bits per heavy atom. The smallest absolute Gasteiger partial charge is 0.174 e. The molecule has 4 nitrogen and oxygen atoms in total. The van der Waals surface area contributed by atoms with E-state index in [-0.39, 0.29) is 12.1 Å². The van der Waals surface area contributed by atoms with Crippen LogP contribution in [0.1, 0.15) is 22.7 Å². The van der Waals surface area contributed by atoms with Gasteiger partial charge in [-0.25, -0.2) is 0 Å². The quantitative estimate of drug-likeness (QED) is 0.565. The van der Waals surface area contributed by atoms with E-state index >= 15 is 0 Å². The summed E-state index contributed by atoms with van der Waals surface area (Å²) in [5.41, 5.74) is 1.96. The number of nitrogens with zero attached hydrogens (tertiary/aromatic N) is 2. The Morgan fingerprint density at radius 1 is 1.23 bits per heavy atom. The number of thiocarbonyl (C=S) groups is 1. The van der Waals surface area contributed by atoms with Gasteiger partial charge in [0.1, 0.15) is 5.75 Å². The molecule has 132 valence electrons. The molecule has 1 saturated heterocycles. The molecule has 2 aromatic heterocycles. The van der Waals surface area contributed by atoms with Gasteiger partial charge in [0.2, 0.25) is 0 Å². The highest BCUT2D eigenvalue weighted by Crippen LogP contribution is 2.44. The van der Waals surface area contributed by atoms with E-state index in [1.807, 2.05) is 48.7 Å². The number of benzene rings is 1. The molecule has 0 aliphatic carbocycles. The molecule has 0 amide bonds. The van der Waals surface area contributed by atoms with Gasteiger partial charge in [-0.3, -0.25) is 4.98 Å². The predicted molar refractivity (Wildman–Crippen MR) is 113 cm³/mol. The van der Waals surface area contributed by atoms with Crippen LogP contribution in [0.3, 0.4) is 0 Å². The summed E-state index contributed by atoms with van der Waals surface area (Å²) in [6, 6.07) is 16.1. The minimum absolute atomic E-state index is 0.0146. The van der Waals surface area contributed by atoms with Crippen LogP contribution >= 0.6 is 39.5 Å². The molecule has 1 aliphatic rings. The van der Waals surface area contributed by atoms with Crippen LogP contribution in [0, 0.1) is 0 Å². The first-order valence-corrected chi connectivity index (χ1v) is 10.1. The first-order valence-electron chi connectivity index (χ1n) is 8.06. The average Bonchev–Trinajstić information content (AvgIpc) is 3.25. The van der Waals surface area contributed by atoms with E-state index in [2.05, 4.69) is 42.6 Å². The number of rotatable bonds is 4. The maximum Gasteiger partial charge on any atom is 0.174 e. The number of aromatic nitrogens is 1. The number of pyridine rings is 1. The molecule has 1 aromatic carbocycles. The zero-order valence-electron chi connectivity index (χ0n) is 13.9. The first-order chi connectivity index (χ1) is 12.7. The van der Waals surface area contributed by atoms with Crippen molar-refractivity contribution in [3.05, 3.63) is 75.2 Å². The molecule has 0 bridgehead atoms. The molecule has 2 atom stereocenters. The number of anilines is 1. The van der Waals surface area contributed by atoms with Crippen LogP contribution in [0.4, 0.5) is 5.69 Å². The Balaban J connectivity index is 1.82. The second-order valence-electron chi connectivity index (χ2n) is 5.87. The summed E-state index contributed by atoms with van der Waals surface area (Å²) < 4.78 is 6.47. The molecule has 1 N–H and O–H groups in total. The van der Waals surface area contributed by atoms with Gasteiger partial charge in [0, 0.05) is 32.7 Å². The first kappa shape index (κ1) is 17.5. The standard InChI is InChI=1S/C19H16BrN3OS2/c1-24-14-6-4-5-13(10-14)23-18(16-9-12(20)11-26-16)17(22-19(23)25)15-7-2-3-8-21-15/h2-11,17-18H,1H3,(H,22,25)/t17-,18+/m1/s1. The number of methoxy groups -OCH3 is 1. The summed E-state index contributed by atoms with van der Waals surface area (Å²) in [6.45, 7) is 0. The van der Waals surface area contributed by atoms with Gasteiger partial charge in [-0.2, -0.15) is 0 Å². The maximum atomic E-state index is 5.70. The van der Waals surface area contributed by atoms with E-state index in [1.165, 1.54) is 4.88 Å². The SMILES string of the molecule is COc1cccc(N2C(=S)N[C@H](c3ccccn3)[C@@H]2c2cc(Br)cs2)c1. The van der Waals surface area contributed by atoms with E-state index < -0.39 is 0 Å². The van der Waals surface area contributed by atoms with Gasteiger partial charge in [0.15, 0.2) is 5.11 Å². The van der Waals surface area contributed by atoms with Crippen LogP contribution in [0.2, 0.25) is 0 Å². The molecule has 1 fully saturated rings. The van der Waals surface area contributed by atoms with Gasteiger partial charge in [0.25, 0.3) is 0 Å². The Bertz CT molecular complexity index is 931. The maximum absolute atomic E-state index is 5.70. The minimum Gasteiger partial charge on any atom is -0.497 e. The molecule has 0 radical (unpaired) electrons. The number of ether oxygens (including phenoxy) is 1. The van der Waals surface area contributed by atoms with Crippen LogP contribution < -0.4 is 15.0 Å². The van der Waals surface area contributed by atoms with E-state index in [4.69, 9.17) is 17.0 Å². The van der Waals surface area contributed by atoms with Gasteiger partial charge in [-0.1, -0.05) is 12.1 Å². The third-order valence-corrected chi connectivity index (χ3v) is 6.39. The fraction of sp³-hybridized carbons (Fsp3) is 0.158. The third-order valence-electron chi connectivity index (χ3n) is 4.31. The van der Waals surface area contributed by atoms with Crippen molar-refractivity contribution in [1.82, 2.24) is 10.3 Å². The van der Waals surface area contributed by atoms with Crippen molar-refractivity contribution in [2.75, 3.05) is 12.0 Å². The Labute approximate surface area is 170 Å². The van der Waals surface area contributed by atoms with Crippen LogP contribution in [0.5, 0.6) is 5.75 Å². The van der Waals surface area contributed by atoms with Crippen LogP contribution in [0.25, 0.3) is 0 Å². The molecular formula is C19H16BrN3OS2. The molecule has 4 rings (SSSR count). The summed E-state index contributed by atoms with van der Waals surface area (Å²) in [5.74, 6) is 0.803. The van der Waals surface area contributed by atoms with Gasteiger partial charge in [-0.05, 0) is 58.5 Å². The van der Waals surface area contributed by atoms with Crippen molar-refractivity contribution in [2.45, 2.75) is 12.1 Å². The van der Waals surface area contributed by atoms with Crippen molar-refractivity contribution in [1.29, 1.82) is 0 Å². The average molecular weight is 446 g/mol. The Hall–Kier alpha value is -1.96. The van der Waals surface area contributed by atoms with Crippen LogP contribution in [-0.4, -0.2) is 17.2 Å². The highest BCUT2D eigenvalue weighted by Gasteiger charge is 2.41. The number of hydrogen-bond donors (Lipinski definition) is 1. The third kappa shape index (κ3) is 3.22. The molecule has 3 aromatic rings. The molecule has 0 spiro atoms. The van der Waals surface area contributed by atoms with E-state index in [1.54, 1.807) is 18.4 Å². The second kappa shape index (κ2) is 7.34. The molecule has 7 heteroatoms. The minimum atomic E-state index is -0.0274. The molecule has 26 heavy (non-hydrogen) atoms. The largest absolute Gasteiger partial charge is 0.497 e. The lowest BCUT2D eigenvalue weighted by Crippen LogP contribution is -2.29. The molecular weight excluding hydrogens is 430 g/mol. The summed E-state index contributed by atoms with van der Waals surface area (Å²) in [6.07, 6.45) is 1.82. The lowest BCUT2D eigenvalue weighted by atomic mass is 10.0. The summed E-state index contributed by atoms with van der Waals surface area (Å²) in [4.78, 5) is 7.92. The highest BCUT2D eigenvalue weighted by molar-refractivity contribution is 9.10. The van der Waals surface area contributed by atoms with Gasteiger partial charge in [-0.15, -0.1) is 11.3 Å². The van der Waals surface area contributed by atoms with Crippen molar-refractivity contribution in [3.8, 4) is 5.75 Å². The van der Waals surface area contributed by atoms with E-state index in [9.17, 15) is 0 Å². The lowest BCUT2D eigenvalue weighted by molar-refractivity contribution is 0.415. The number of nitrogens with one attached hydrogen (secondary N) is 1. The number of hydrogen-bond acceptors (Lipinski definition) is 4. The summed E-state index contributed by atoms with van der Waals surface area (Å²) in [7, 11) is 1.67. The predicted octanol–water partition coefficient (Wildman–Crippen LogP) is 5.09. The normalized spacial score (nSPS) is 19.5. The van der Waals surface area contributed by atoms with Crippen LogP contribution in [-0.2, 0) is 0 Å². The van der Waals surface area contributed by atoms with Crippen molar-refractivity contribution in [3.63, 3.8) is 0 Å². The topological polar surface area (TPSA) is 37.4 Å². The second-order valence-corrected chi connectivity index (χ2v) is 8.11. The fourth-order valence-electron chi connectivity index (χ4n) is 3.17. The monoisotopic (exact) mass is 445 g/mol. The van der Waals surface area contributed by atoms with Gasteiger partial charge < -0.3 is 15.0 Å². The zero-order valence-corrected chi connectivity index (χ0v) is 17.1. The van der Waals surface area contributed by atoms with E-state index in [0.29, 0.717) is 5.11 Å². The zero-order chi connectivity index (χ0) is 18.1. The molecule has 1 aliphatic heterocycles. The lowest BCUT2D eigenvalue weighted by Gasteiger charge is -2.27. The van der Waals surface area contributed by atoms with E-state index in [0.717, 1.165) is 21.6 Å². The van der Waals surface area contributed by atoms with Gasteiger partial charge >= 0.3 is 0 Å². The Kier molecular flexibility index (Phi) is 4.93. The summed E-state index contributed by atoms with van der Waals surface area (Å²) in [5, 5.41) is 6.24. The number of thiophene rings is 1. The van der Waals surface area contributed by atoms with Crippen molar-refractivity contribution >= 4 is 50.3 Å².